The molecule has 2 aromatic heterocycles. The Morgan fingerprint density at radius 2 is 2.05 bits per heavy atom. The van der Waals surface area contributed by atoms with Gasteiger partial charge >= 0.3 is 0 Å². The first-order chi connectivity index (χ1) is 10.1. The fourth-order valence-corrected chi connectivity index (χ4v) is 2.96. The Morgan fingerprint density at radius 1 is 1.29 bits per heavy atom. The largest absolute Gasteiger partial charge is 0.370 e. The molecule has 3 aromatic rings. The lowest BCUT2D eigenvalue weighted by molar-refractivity contribution is -0.118. The summed E-state index contributed by atoms with van der Waals surface area (Å²) in [6, 6.07) is 11.6. The number of nitrogens with zero attached hydrogens (tertiary/aromatic N) is 3. The van der Waals surface area contributed by atoms with E-state index in [0.717, 1.165) is 10.4 Å². The van der Waals surface area contributed by atoms with Crippen LogP contribution in [0.4, 0.5) is 0 Å². The van der Waals surface area contributed by atoms with Gasteiger partial charge in [0.05, 0.1) is 11.9 Å². The third-order valence-corrected chi connectivity index (χ3v) is 4.12. The van der Waals surface area contributed by atoms with Crippen molar-refractivity contribution in [2.75, 3.05) is 0 Å². The van der Waals surface area contributed by atoms with Gasteiger partial charge in [-0.2, -0.15) is 0 Å². The maximum absolute atomic E-state index is 12.3. The van der Waals surface area contributed by atoms with E-state index < -0.39 is 5.91 Å². The minimum absolute atomic E-state index is 0.0653. The number of carbonyl (C=O) groups excluding carboxylic acids is 1. The summed E-state index contributed by atoms with van der Waals surface area (Å²) in [5.74, 6) is -0.473. The number of aryl methyl sites for hydroxylation is 1. The van der Waals surface area contributed by atoms with Gasteiger partial charge in [0, 0.05) is 11.3 Å². The Kier molecular flexibility index (Phi) is 3.49. The van der Waals surface area contributed by atoms with Crippen molar-refractivity contribution in [3.8, 4) is 10.4 Å². The van der Waals surface area contributed by atoms with E-state index in [4.69, 9.17) is 5.73 Å². The van der Waals surface area contributed by atoms with Crippen LogP contribution in [-0.4, -0.2) is 20.9 Å². The Morgan fingerprint density at radius 3 is 2.76 bits per heavy atom. The van der Waals surface area contributed by atoms with E-state index in [0.29, 0.717) is 10.2 Å². The van der Waals surface area contributed by atoms with Crippen LogP contribution in [-0.2, 0) is 11.3 Å². The number of carbonyl (C=O) groups is 1. The molecule has 0 spiro atoms. The van der Waals surface area contributed by atoms with Crippen LogP contribution < -0.4 is 11.3 Å². The number of amides is 1. The molecule has 0 saturated heterocycles. The third-order valence-electron chi connectivity index (χ3n) is 3.05. The molecule has 1 amide bonds. The highest BCUT2D eigenvalue weighted by Gasteiger charge is 2.11. The van der Waals surface area contributed by atoms with Crippen LogP contribution in [0.3, 0.4) is 0 Å². The first-order valence-electron chi connectivity index (χ1n) is 6.36. The number of primary amides is 1. The second-order valence-electron chi connectivity index (χ2n) is 4.53. The Labute approximate surface area is 123 Å². The van der Waals surface area contributed by atoms with Gasteiger partial charge in [0.25, 0.3) is 5.56 Å². The lowest BCUT2D eigenvalue weighted by Crippen LogP contribution is -2.26. The number of hydrogen-bond acceptors (Lipinski definition) is 5. The molecule has 2 heterocycles. The highest BCUT2D eigenvalue weighted by atomic mass is 32.1. The van der Waals surface area contributed by atoms with Gasteiger partial charge in [0.2, 0.25) is 5.91 Å². The molecule has 0 unspecified atom stereocenters. The highest BCUT2D eigenvalue weighted by molar-refractivity contribution is 7.21. The van der Waals surface area contributed by atoms with Crippen LogP contribution in [0.5, 0.6) is 0 Å². The van der Waals surface area contributed by atoms with Gasteiger partial charge in [-0.3, -0.25) is 9.59 Å². The Balaban J connectivity index is 2.04. The number of nitrogens with two attached hydrogens (primary N) is 1. The van der Waals surface area contributed by atoms with E-state index in [1.54, 1.807) is 0 Å². The van der Waals surface area contributed by atoms with E-state index in [1.165, 1.54) is 16.0 Å². The Hall–Kier alpha value is -2.54. The lowest BCUT2D eigenvalue weighted by atomic mass is 10.2. The number of fused-ring (bicyclic) bond motifs is 1. The lowest BCUT2D eigenvalue weighted by Gasteiger charge is -2.00. The second-order valence-corrected chi connectivity index (χ2v) is 5.56. The standard InChI is InChI=1S/C14H12N4O2S/c15-12(19)6-7-18-14(20)10-8-11(21-13(10)16-17-18)9-4-2-1-3-5-9/h1-5,8H,6-7H2,(H2,15,19). The summed E-state index contributed by atoms with van der Waals surface area (Å²) < 4.78 is 1.18. The number of rotatable bonds is 4. The van der Waals surface area contributed by atoms with Crippen LogP contribution in [0.2, 0.25) is 0 Å². The molecule has 0 atom stereocenters. The Bertz CT molecular complexity index is 854. The van der Waals surface area contributed by atoms with E-state index in [9.17, 15) is 9.59 Å². The molecule has 0 saturated carbocycles. The van der Waals surface area contributed by atoms with Crippen molar-refractivity contribution in [1.29, 1.82) is 0 Å². The number of benzene rings is 1. The van der Waals surface area contributed by atoms with E-state index >= 15 is 0 Å². The molecule has 1 aromatic carbocycles. The molecule has 0 radical (unpaired) electrons. The monoisotopic (exact) mass is 300 g/mol. The van der Waals surface area contributed by atoms with Crippen molar-refractivity contribution in [3.05, 3.63) is 46.8 Å². The molecule has 0 bridgehead atoms. The topological polar surface area (TPSA) is 90.9 Å². The normalized spacial score (nSPS) is 10.9. The zero-order valence-electron chi connectivity index (χ0n) is 11.0. The molecule has 21 heavy (non-hydrogen) atoms. The van der Waals surface area contributed by atoms with E-state index in [2.05, 4.69) is 10.3 Å². The van der Waals surface area contributed by atoms with Gasteiger partial charge in [-0.25, -0.2) is 4.68 Å². The molecule has 2 N–H and O–H groups in total. The number of aromatic nitrogens is 3. The average Bonchev–Trinajstić information content (AvgIpc) is 2.92. The van der Waals surface area contributed by atoms with Gasteiger partial charge in [-0.15, -0.1) is 16.4 Å². The minimum atomic E-state index is -0.473. The molecular weight excluding hydrogens is 288 g/mol. The maximum atomic E-state index is 12.3. The summed E-state index contributed by atoms with van der Waals surface area (Å²) in [4.78, 5) is 24.7. The predicted molar refractivity (Wildman–Crippen MR) is 80.9 cm³/mol. The number of hydrogen-bond donors (Lipinski definition) is 1. The van der Waals surface area contributed by atoms with Gasteiger partial charge in [0.15, 0.2) is 4.83 Å². The molecular formula is C14H12N4O2S. The average molecular weight is 300 g/mol. The van der Waals surface area contributed by atoms with E-state index in [-0.39, 0.29) is 18.5 Å². The van der Waals surface area contributed by atoms with Crippen molar-refractivity contribution in [1.82, 2.24) is 15.0 Å². The second kappa shape index (κ2) is 5.45. The van der Waals surface area contributed by atoms with Crippen LogP contribution in [0.25, 0.3) is 20.7 Å². The highest BCUT2D eigenvalue weighted by Crippen LogP contribution is 2.30. The first kappa shape index (κ1) is 13.4. The molecule has 106 valence electrons. The van der Waals surface area contributed by atoms with Crippen LogP contribution in [0.1, 0.15) is 6.42 Å². The van der Waals surface area contributed by atoms with Crippen LogP contribution in [0.15, 0.2) is 41.2 Å². The van der Waals surface area contributed by atoms with Crippen molar-refractivity contribution in [2.45, 2.75) is 13.0 Å². The molecule has 3 rings (SSSR count). The molecule has 6 nitrogen and oxygen atoms in total. The first-order valence-corrected chi connectivity index (χ1v) is 7.18. The van der Waals surface area contributed by atoms with Gasteiger partial charge in [0.1, 0.15) is 0 Å². The minimum Gasteiger partial charge on any atom is -0.370 e. The van der Waals surface area contributed by atoms with Crippen LogP contribution >= 0.6 is 11.3 Å². The van der Waals surface area contributed by atoms with Crippen molar-refractivity contribution < 1.29 is 4.79 Å². The fraction of sp³-hybridized carbons (Fsp3) is 0.143. The number of thiophene rings is 1. The summed E-state index contributed by atoms with van der Waals surface area (Å²) in [7, 11) is 0. The fourth-order valence-electron chi connectivity index (χ4n) is 1.99. The molecule has 0 fully saturated rings. The summed E-state index contributed by atoms with van der Waals surface area (Å²) in [6.07, 6.45) is 0.0653. The zero-order valence-corrected chi connectivity index (χ0v) is 11.8. The van der Waals surface area contributed by atoms with Gasteiger partial charge in [-0.1, -0.05) is 35.5 Å². The zero-order chi connectivity index (χ0) is 14.8. The smallest absolute Gasteiger partial charge is 0.278 e. The quantitative estimate of drug-likeness (QED) is 0.788. The van der Waals surface area contributed by atoms with Gasteiger partial charge < -0.3 is 5.73 Å². The van der Waals surface area contributed by atoms with Crippen molar-refractivity contribution in [2.24, 2.45) is 5.73 Å². The summed E-state index contributed by atoms with van der Waals surface area (Å²) in [6.45, 7) is 0.146. The molecule has 0 aliphatic rings. The van der Waals surface area contributed by atoms with E-state index in [1.807, 2.05) is 36.4 Å². The summed E-state index contributed by atoms with van der Waals surface area (Å²) in [5.41, 5.74) is 5.86. The summed E-state index contributed by atoms with van der Waals surface area (Å²) >= 11 is 1.42. The summed E-state index contributed by atoms with van der Waals surface area (Å²) in [5, 5.41) is 8.40. The maximum Gasteiger partial charge on any atom is 0.278 e. The SMILES string of the molecule is NC(=O)CCn1nnc2sc(-c3ccccc3)cc2c1=O. The molecule has 0 aliphatic heterocycles. The third kappa shape index (κ3) is 2.68. The molecule has 0 aliphatic carbocycles. The van der Waals surface area contributed by atoms with Gasteiger partial charge in [-0.05, 0) is 11.6 Å². The van der Waals surface area contributed by atoms with Crippen LogP contribution in [0, 0.1) is 0 Å². The predicted octanol–water partition coefficient (Wildman–Crippen LogP) is 1.40. The van der Waals surface area contributed by atoms with Crippen molar-refractivity contribution in [3.63, 3.8) is 0 Å². The molecule has 7 heteroatoms. The van der Waals surface area contributed by atoms with Crippen molar-refractivity contribution >= 4 is 27.5 Å².